The average molecular weight is 264 g/mol. The van der Waals surface area contributed by atoms with E-state index in [1.807, 2.05) is 0 Å². The van der Waals surface area contributed by atoms with E-state index in [2.05, 4.69) is 0 Å². The minimum Gasteiger partial charge on any atom is -0.464 e. The molecule has 5 heteroatoms. The Labute approximate surface area is 111 Å². The molecule has 0 unspecified atom stereocenters. The van der Waals surface area contributed by atoms with Gasteiger partial charge < -0.3 is 14.2 Å². The quantitative estimate of drug-likeness (QED) is 0.462. The smallest absolute Gasteiger partial charge is 0.338 e. The summed E-state index contributed by atoms with van der Waals surface area (Å²) in [6, 6.07) is 6.93. The van der Waals surface area contributed by atoms with Crippen molar-refractivity contribution in [1.29, 1.82) is 0 Å². The molecular formula is C14H16O5. The van der Waals surface area contributed by atoms with E-state index in [1.54, 1.807) is 38.1 Å². The molecule has 1 fully saturated rings. The van der Waals surface area contributed by atoms with Crippen molar-refractivity contribution in [3.05, 3.63) is 29.8 Å². The van der Waals surface area contributed by atoms with Crippen molar-refractivity contribution in [3.63, 3.8) is 0 Å². The second-order valence-electron chi connectivity index (χ2n) is 4.13. The number of esters is 2. The maximum absolute atomic E-state index is 11.4. The van der Waals surface area contributed by atoms with Crippen LogP contribution in [0.5, 0.6) is 5.75 Å². The van der Waals surface area contributed by atoms with Crippen LogP contribution in [0.4, 0.5) is 0 Å². The molecule has 0 aromatic heterocycles. The van der Waals surface area contributed by atoms with E-state index in [9.17, 15) is 9.59 Å². The summed E-state index contributed by atoms with van der Waals surface area (Å²) in [5.41, 5.74) is 0.870. The standard InChI is InChI=1S/C14H16O5/c1-3-11(15)18-10-7-5-9(6-8-10)12-13(19-12)14(16)17-4-2/h5-8,12-13H,3-4H2,1-2H3/t12-,13+/m0/s1. The topological polar surface area (TPSA) is 65.1 Å². The average Bonchev–Trinajstić information content (AvgIpc) is 3.20. The molecule has 1 aliphatic rings. The van der Waals surface area contributed by atoms with Gasteiger partial charge >= 0.3 is 11.9 Å². The first-order valence-electron chi connectivity index (χ1n) is 6.28. The molecule has 1 aliphatic heterocycles. The minimum absolute atomic E-state index is 0.255. The lowest BCUT2D eigenvalue weighted by atomic mass is 10.1. The summed E-state index contributed by atoms with van der Waals surface area (Å²) >= 11 is 0. The van der Waals surface area contributed by atoms with Gasteiger partial charge in [0.25, 0.3) is 0 Å². The van der Waals surface area contributed by atoms with E-state index in [1.165, 1.54) is 0 Å². The predicted octanol–water partition coefficient (Wildman–Crippen LogP) is 2.00. The summed E-state index contributed by atoms with van der Waals surface area (Å²) in [4.78, 5) is 22.5. The molecule has 0 N–H and O–H groups in total. The third kappa shape index (κ3) is 3.32. The summed E-state index contributed by atoms with van der Waals surface area (Å²) in [6.07, 6.45) is -0.433. The van der Waals surface area contributed by atoms with Crippen molar-refractivity contribution in [2.75, 3.05) is 6.61 Å². The normalized spacial score (nSPS) is 20.7. The molecule has 2 atom stereocenters. The van der Waals surface area contributed by atoms with Crippen molar-refractivity contribution in [2.24, 2.45) is 0 Å². The molecule has 0 amide bonds. The zero-order chi connectivity index (χ0) is 13.8. The SMILES string of the molecule is CCOC(=O)[C@@H]1O[C@H]1c1ccc(OC(=O)CC)cc1. The number of ether oxygens (including phenoxy) is 3. The van der Waals surface area contributed by atoms with Gasteiger partial charge in [-0.3, -0.25) is 4.79 Å². The molecule has 1 aromatic carbocycles. The summed E-state index contributed by atoms with van der Waals surface area (Å²) < 4.78 is 15.2. The van der Waals surface area contributed by atoms with Crippen LogP contribution in [0.3, 0.4) is 0 Å². The lowest BCUT2D eigenvalue weighted by Gasteiger charge is -2.03. The van der Waals surface area contributed by atoms with Crippen molar-refractivity contribution in [2.45, 2.75) is 32.5 Å². The van der Waals surface area contributed by atoms with Gasteiger partial charge in [-0.2, -0.15) is 0 Å². The molecule has 2 rings (SSSR count). The van der Waals surface area contributed by atoms with Crippen LogP contribution < -0.4 is 4.74 Å². The lowest BCUT2D eigenvalue weighted by Crippen LogP contribution is -2.11. The van der Waals surface area contributed by atoms with Crippen LogP contribution in [0, 0.1) is 0 Å². The van der Waals surface area contributed by atoms with Crippen LogP contribution in [-0.4, -0.2) is 24.6 Å². The maximum Gasteiger partial charge on any atom is 0.338 e. The molecule has 0 spiro atoms. The summed E-state index contributed by atoms with van der Waals surface area (Å²) in [7, 11) is 0. The summed E-state index contributed by atoms with van der Waals surface area (Å²) in [5, 5.41) is 0. The Morgan fingerprint density at radius 1 is 1.21 bits per heavy atom. The van der Waals surface area contributed by atoms with Gasteiger partial charge in [0.05, 0.1) is 6.61 Å². The molecule has 19 heavy (non-hydrogen) atoms. The zero-order valence-corrected chi connectivity index (χ0v) is 10.9. The first-order valence-corrected chi connectivity index (χ1v) is 6.28. The fourth-order valence-electron chi connectivity index (χ4n) is 1.70. The Hall–Kier alpha value is -1.88. The predicted molar refractivity (Wildman–Crippen MR) is 66.6 cm³/mol. The highest BCUT2D eigenvalue weighted by Crippen LogP contribution is 2.39. The molecule has 102 valence electrons. The molecule has 1 saturated heterocycles. The molecule has 5 nitrogen and oxygen atoms in total. The van der Waals surface area contributed by atoms with E-state index in [0.717, 1.165) is 5.56 Å². The molecule has 0 bridgehead atoms. The molecule has 0 saturated carbocycles. The monoisotopic (exact) mass is 264 g/mol. The summed E-state index contributed by atoms with van der Waals surface area (Å²) in [5.74, 6) is -0.127. The van der Waals surface area contributed by atoms with E-state index in [0.29, 0.717) is 18.8 Å². The van der Waals surface area contributed by atoms with Gasteiger partial charge in [0.15, 0.2) is 6.10 Å². The van der Waals surface area contributed by atoms with Crippen molar-refractivity contribution in [3.8, 4) is 5.75 Å². The minimum atomic E-state index is -0.510. The van der Waals surface area contributed by atoms with Crippen LogP contribution in [-0.2, 0) is 19.1 Å². The molecule has 1 aromatic rings. The Morgan fingerprint density at radius 2 is 1.89 bits per heavy atom. The maximum atomic E-state index is 11.4. The lowest BCUT2D eigenvalue weighted by molar-refractivity contribution is -0.144. The molecule has 0 aliphatic carbocycles. The van der Waals surface area contributed by atoms with Gasteiger partial charge in [-0.25, -0.2) is 4.79 Å². The van der Waals surface area contributed by atoms with Crippen LogP contribution in [0.2, 0.25) is 0 Å². The van der Waals surface area contributed by atoms with Crippen LogP contribution in [0.15, 0.2) is 24.3 Å². The van der Waals surface area contributed by atoms with E-state index in [-0.39, 0.29) is 18.0 Å². The van der Waals surface area contributed by atoms with Crippen molar-refractivity contribution < 1.29 is 23.8 Å². The van der Waals surface area contributed by atoms with Gasteiger partial charge in [0, 0.05) is 6.42 Å². The number of carbonyl (C=O) groups excluding carboxylic acids is 2. The molecule has 0 radical (unpaired) electrons. The first kappa shape index (κ1) is 13.5. The largest absolute Gasteiger partial charge is 0.464 e. The van der Waals surface area contributed by atoms with Crippen LogP contribution >= 0.6 is 0 Å². The second-order valence-corrected chi connectivity index (χ2v) is 4.13. The van der Waals surface area contributed by atoms with E-state index >= 15 is 0 Å². The Kier molecular flexibility index (Phi) is 4.16. The highest BCUT2D eigenvalue weighted by molar-refractivity contribution is 5.78. The van der Waals surface area contributed by atoms with Gasteiger partial charge in [-0.05, 0) is 24.6 Å². The number of epoxide rings is 1. The van der Waals surface area contributed by atoms with Crippen LogP contribution in [0.1, 0.15) is 31.9 Å². The van der Waals surface area contributed by atoms with Gasteiger partial charge in [-0.1, -0.05) is 19.1 Å². The van der Waals surface area contributed by atoms with Gasteiger partial charge in [0.2, 0.25) is 0 Å². The Balaban J connectivity index is 1.93. The van der Waals surface area contributed by atoms with Crippen LogP contribution in [0.25, 0.3) is 0 Å². The Morgan fingerprint density at radius 3 is 2.47 bits per heavy atom. The van der Waals surface area contributed by atoms with E-state index in [4.69, 9.17) is 14.2 Å². The zero-order valence-electron chi connectivity index (χ0n) is 10.9. The Bertz CT molecular complexity index is 465. The number of hydrogen-bond donors (Lipinski definition) is 0. The number of rotatable bonds is 5. The summed E-state index contributed by atoms with van der Waals surface area (Å²) in [6.45, 7) is 3.84. The van der Waals surface area contributed by atoms with Crippen molar-refractivity contribution >= 4 is 11.9 Å². The fourth-order valence-corrected chi connectivity index (χ4v) is 1.70. The molecular weight excluding hydrogens is 248 g/mol. The third-order valence-corrected chi connectivity index (χ3v) is 2.74. The highest BCUT2D eigenvalue weighted by Gasteiger charge is 2.47. The van der Waals surface area contributed by atoms with Gasteiger partial charge in [0.1, 0.15) is 11.9 Å². The third-order valence-electron chi connectivity index (χ3n) is 2.74. The van der Waals surface area contributed by atoms with E-state index < -0.39 is 6.10 Å². The number of benzene rings is 1. The fraction of sp³-hybridized carbons (Fsp3) is 0.429. The number of hydrogen-bond acceptors (Lipinski definition) is 5. The highest BCUT2D eigenvalue weighted by atomic mass is 16.6. The first-order chi connectivity index (χ1) is 9.15. The van der Waals surface area contributed by atoms with Crippen molar-refractivity contribution in [1.82, 2.24) is 0 Å². The number of carbonyl (C=O) groups is 2. The molecule has 1 heterocycles. The second kappa shape index (κ2) is 5.84. The van der Waals surface area contributed by atoms with Gasteiger partial charge in [-0.15, -0.1) is 0 Å².